The van der Waals surface area contributed by atoms with E-state index in [9.17, 15) is 24.8 Å². The van der Waals surface area contributed by atoms with Crippen LogP contribution in [0.5, 0.6) is 0 Å². The summed E-state index contributed by atoms with van der Waals surface area (Å²) in [6, 6.07) is 2.67. The molecule has 2 heterocycles. The predicted molar refractivity (Wildman–Crippen MR) is 86.9 cm³/mol. The van der Waals surface area contributed by atoms with E-state index in [2.05, 4.69) is 14.9 Å². The van der Waals surface area contributed by atoms with Crippen LogP contribution in [0.4, 0.5) is 5.69 Å². The van der Waals surface area contributed by atoms with Crippen molar-refractivity contribution in [2.75, 3.05) is 19.7 Å². The van der Waals surface area contributed by atoms with Crippen LogP contribution < -0.4 is 11.1 Å². The van der Waals surface area contributed by atoms with Gasteiger partial charge in [-0.1, -0.05) is 0 Å². The number of nitro groups is 1. The molecule has 9 nitrogen and oxygen atoms in total. The van der Waals surface area contributed by atoms with Crippen molar-refractivity contribution in [1.82, 2.24) is 14.9 Å². The maximum absolute atomic E-state index is 11.6. The van der Waals surface area contributed by atoms with Crippen LogP contribution in [-0.4, -0.2) is 44.6 Å². The number of non-ortho nitro benzene ring substituents is 1. The number of nitrogens with one attached hydrogen (secondary N) is 2. The maximum atomic E-state index is 11.6. The third-order valence-corrected chi connectivity index (χ3v) is 4.47. The molecule has 3 N–H and O–H groups in total. The van der Waals surface area contributed by atoms with Crippen LogP contribution in [0.2, 0.25) is 0 Å². The number of aromatic amines is 2. The van der Waals surface area contributed by atoms with Gasteiger partial charge in [-0.15, -0.1) is 0 Å². The zero-order valence-corrected chi connectivity index (χ0v) is 12.9. The molecule has 1 fully saturated rings. The number of aliphatic hydroxyl groups excluding tert-OH is 1. The fourth-order valence-corrected chi connectivity index (χ4v) is 3.08. The Morgan fingerprint density at radius 2 is 1.88 bits per heavy atom. The molecule has 2 aromatic rings. The van der Waals surface area contributed by atoms with E-state index in [1.807, 2.05) is 0 Å². The third kappa shape index (κ3) is 3.22. The molecule has 0 amide bonds. The van der Waals surface area contributed by atoms with Gasteiger partial charge in [-0.2, -0.15) is 0 Å². The lowest BCUT2D eigenvalue weighted by atomic mass is 9.97. The molecule has 3 rings (SSSR count). The van der Waals surface area contributed by atoms with Gasteiger partial charge in [0.1, 0.15) is 0 Å². The summed E-state index contributed by atoms with van der Waals surface area (Å²) in [4.78, 5) is 40.7. The minimum Gasteiger partial charge on any atom is -0.396 e. The summed E-state index contributed by atoms with van der Waals surface area (Å²) in [5, 5.41) is 20.3. The highest BCUT2D eigenvalue weighted by atomic mass is 16.6. The number of aromatic nitrogens is 2. The standard InChI is InChI=1S/C15H18N4O5/c20-8-9-1-3-18(4-2-9)7-10-5-11(19(23)24)6-12-13(10)17-15(22)14(21)16-12/h5-6,9,20H,1-4,7-8H2,(H,16,21)(H,17,22). The first-order valence-corrected chi connectivity index (χ1v) is 7.74. The summed E-state index contributed by atoms with van der Waals surface area (Å²) in [6.07, 6.45) is 1.72. The number of benzene rings is 1. The molecule has 0 unspecified atom stereocenters. The van der Waals surface area contributed by atoms with Gasteiger partial charge in [0.25, 0.3) is 5.69 Å². The first-order chi connectivity index (χ1) is 11.5. The van der Waals surface area contributed by atoms with Crippen LogP contribution in [0.25, 0.3) is 11.0 Å². The maximum Gasteiger partial charge on any atom is 0.314 e. The van der Waals surface area contributed by atoms with Gasteiger partial charge in [0.2, 0.25) is 0 Å². The van der Waals surface area contributed by atoms with Crippen molar-refractivity contribution in [2.45, 2.75) is 19.4 Å². The van der Waals surface area contributed by atoms with Crippen molar-refractivity contribution in [2.24, 2.45) is 5.92 Å². The monoisotopic (exact) mass is 334 g/mol. The molecule has 0 spiro atoms. The SMILES string of the molecule is O=c1[nH]c2cc([N+](=O)[O-])cc(CN3CCC(CO)CC3)c2[nH]c1=O. The highest BCUT2D eigenvalue weighted by molar-refractivity contribution is 5.80. The van der Waals surface area contributed by atoms with E-state index >= 15 is 0 Å². The number of likely N-dealkylation sites (tertiary alicyclic amines) is 1. The second-order valence-electron chi connectivity index (χ2n) is 6.09. The molecule has 1 aliphatic heterocycles. The van der Waals surface area contributed by atoms with Gasteiger partial charge >= 0.3 is 11.1 Å². The summed E-state index contributed by atoms with van der Waals surface area (Å²) < 4.78 is 0. The number of fused-ring (bicyclic) bond motifs is 1. The molecule has 1 aromatic carbocycles. The molecule has 1 aromatic heterocycles. The van der Waals surface area contributed by atoms with Crippen LogP contribution in [-0.2, 0) is 6.54 Å². The van der Waals surface area contributed by atoms with Gasteiger partial charge in [0.05, 0.1) is 16.0 Å². The van der Waals surface area contributed by atoms with E-state index in [0.717, 1.165) is 25.9 Å². The Labute approximate surface area is 136 Å². The smallest absolute Gasteiger partial charge is 0.314 e. The molecule has 128 valence electrons. The van der Waals surface area contributed by atoms with Crippen molar-refractivity contribution >= 4 is 16.7 Å². The molecule has 0 saturated carbocycles. The van der Waals surface area contributed by atoms with E-state index in [1.165, 1.54) is 12.1 Å². The largest absolute Gasteiger partial charge is 0.396 e. The third-order valence-electron chi connectivity index (χ3n) is 4.47. The van der Waals surface area contributed by atoms with E-state index in [1.54, 1.807) is 0 Å². The molecule has 0 bridgehead atoms. The quantitative estimate of drug-likeness (QED) is 0.419. The highest BCUT2D eigenvalue weighted by Gasteiger charge is 2.21. The summed E-state index contributed by atoms with van der Waals surface area (Å²) in [5.41, 5.74) is -0.502. The molecule has 1 saturated heterocycles. The first-order valence-electron chi connectivity index (χ1n) is 7.74. The summed E-state index contributed by atoms with van der Waals surface area (Å²) in [7, 11) is 0. The van der Waals surface area contributed by atoms with Gasteiger partial charge in [0.15, 0.2) is 0 Å². The van der Waals surface area contributed by atoms with Crippen LogP contribution in [0.3, 0.4) is 0 Å². The average Bonchev–Trinajstić information content (AvgIpc) is 2.57. The fraction of sp³-hybridized carbons (Fsp3) is 0.467. The molecule has 0 aliphatic carbocycles. The van der Waals surface area contributed by atoms with Crippen LogP contribution in [0.1, 0.15) is 18.4 Å². The lowest BCUT2D eigenvalue weighted by molar-refractivity contribution is -0.384. The van der Waals surface area contributed by atoms with Gasteiger partial charge in [0, 0.05) is 25.3 Å². The Morgan fingerprint density at radius 1 is 1.21 bits per heavy atom. The number of rotatable bonds is 4. The molecule has 9 heteroatoms. The van der Waals surface area contributed by atoms with E-state index in [4.69, 9.17) is 0 Å². The molecule has 24 heavy (non-hydrogen) atoms. The summed E-state index contributed by atoms with van der Waals surface area (Å²) in [6.45, 7) is 2.13. The van der Waals surface area contributed by atoms with Crippen LogP contribution in [0.15, 0.2) is 21.7 Å². The van der Waals surface area contributed by atoms with E-state index < -0.39 is 16.0 Å². The molecular formula is C15H18N4O5. The van der Waals surface area contributed by atoms with Crippen molar-refractivity contribution in [3.05, 3.63) is 48.5 Å². The van der Waals surface area contributed by atoms with Gasteiger partial charge < -0.3 is 15.1 Å². The van der Waals surface area contributed by atoms with Crippen molar-refractivity contribution in [1.29, 1.82) is 0 Å². The lowest BCUT2D eigenvalue weighted by Gasteiger charge is -2.31. The van der Waals surface area contributed by atoms with Gasteiger partial charge in [-0.25, -0.2) is 0 Å². The average molecular weight is 334 g/mol. The van der Waals surface area contributed by atoms with Gasteiger partial charge in [-0.05, 0) is 37.4 Å². The predicted octanol–water partition coefficient (Wildman–Crippen LogP) is 0.329. The van der Waals surface area contributed by atoms with E-state index in [0.29, 0.717) is 23.5 Å². The normalized spacial score (nSPS) is 16.5. The zero-order chi connectivity index (χ0) is 17.3. The highest BCUT2D eigenvalue weighted by Crippen LogP contribution is 2.25. The van der Waals surface area contributed by atoms with Crippen LogP contribution >= 0.6 is 0 Å². The topological polar surface area (TPSA) is 132 Å². The number of nitro benzene ring substituents is 1. The minimum absolute atomic E-state index is 0.134. The molecule has 0 radical (unpaired) electrons. The van der Waals surface area contributed by atoms with Crippen molar-refractivity contribution < 1.29 is 10.0 Å². The number of hydrogen-bond acceptors (Lipinski definition) is 6. The van der Waals surface area contributed by atoms with Crippen LogP contribution in [0, 0.1) is 16.0 Å². The summed E-state index contributed by atoms with van der Waals surface area (Å²) >= 11 is 0. The molecule has 1 aliphatic rings. The molecular weight excluding hydrogens is 316 g/mol. The minimum atomic E-state index is -0.835. The Balaban J connectivity index is 1.99. The first kappa shape index (κ1) is 16.3. The Kier molecular flexibility index (Phi) is 4.45. The zero-order valence-electron chi connectivity index (χ0n) is 12.9. The Hall–Kier alpha value is -2.52. The summed E-state index contributed by atoms with van der Waals surface area (Å²) in [5.74, 6) is 0.291. The van der Waals surface area contributed by atoms with Gasteiger partial charge in [-0.3, -0.25) is 24.6 Å². The second kappa shape index (κ2) is 6.54. The fourth-order valence-electron chi connectivity index (χ4n) is 3.08. The van der Waals surface area contributed by atoms with E-state index in [-0.39, 0.29) is 17.8 Å². The number of H-pyrrole nitrogens is 2. The van der Waals surface area contributed by atoms with Crippen molar-refractivity contribution in [3.63, 3.8) is 0 Å². The van der Waals surface area contributed by atoms with Crippen molar-refractivity contribution in [3.8, 4) is 0 Å². The number of nitrogens with zero attached hydrogens (tertiary/aromatic N) is 2. The lowest BCUT2D eigenvalue weighted by Crippen LogP contribution is -2.35. The molecule has 0 atom stereocenters. The Bertz CT molecular complexity index is 880. The number of piperidine rings is 1. The number of aliphatic hydroxyl groups is 1. The second-order valence-corrected chi connectivity index (χ2v) is 6.09. The number of hydrogen-bond donors (Lipinski definition) is 3. The Morgan fingerprint density at radius 3 is 2.50 bits per heavy atom.